The van der Waals surface area contributed by atoms with Crippen LogP contribution in [0.25, 0.3) is 0 Å². The zero-order valence-electron chi connectivity index (χ0n) is 9.31. The first-order valence-corrected chi connectivity index (χ1v) is 5.89. The van der Waals surface area contributed by atoms with Crippen molar-refractivity contribution in [1.82, 2.24) is 4.98 Å². The first kappa shape index (κ1) is 12.5. The first-order chi connectivity index (χ1) is 7.79. The monoisotopic (exact) mass is 233 g/mol. The van der Waals surface area contributed by atoms with Crippen LogP contribution in [0.3, 0.4) is 0 Å². The summed E-state index contributed by atoms with van der Waals surface area (Å²) in [6.07, 6.45) is 7.00. The molecule has 0 spiro atoms. The maximum Gasteiger partial charge on any atom is 0.133 e. The van der Waals surface area contributed by atoms with Gasteiger partial charge in [-0.1, -0.05) is 12.7 Å². The van der Waals surface area contributed by atoms with E-state index in [0.29, 0.717) is 0 Å². The highest BCUT2D eigenvalue weighted by Gasteiger charge is 2.04. The lowest BCUT2D eigenvalue weighted by Crippen LogP contribution is -1.78. The number of hydrogen-bond donors (Lipinski definition) is 1. The lowest BCUT2D eigenvalue weighted by atomic mass is 10.2. The Hall–Kier alpha value is -1.55. The minimum Gasteiger partial charge on any atom is -0.346 e. The number of aliphatic imine (C=N–C) groups is 2. The van der Waals surface area contributed by atoms with Crippen LogP contribution in [0.15, 0.2) is 40.4 Å². The number of H-pyrrole nitrogens is 1. The summed E-state index contributed by atoms with van der Waals surface area (Å²) in [5, 5.41) is 1.92. The van der Waals surface area contributed by atoms with Crippen molar-refractivity contribution in [3.05, 3.63) is 41.6 Å². The molecule has 0 atom stereocenters. The highest BCUT2D eigenvalue weighted by atomic mass is 32.2. The third kappa shape index (κ3) is 3.55. The largest absolute Gasteiger partial charge is 0.346 e. The van der Waals surface area contributed by atoms with Crippen LogP contribution in [-0.2, 0) is 5.75 Å². The molecule has 3 nitrogen and oxygen atoms in total. The van der Waals surface area contributed by atoms with E-state index in [1.807, 2.05) is 11.6 Å². The molecule has 0 unspecified atom stereocenters. The smallest absolute Gasteiger partial charge is 0.133 e. The topological polar surface area (TPSA) is 40.5 Å². The minimum atomic E-state index is 0.890. The van der Waals surface area contributed by atoms with Gasteiger partial charge in [0.1, 0.15) is 5.82 Å². The van der Waals surface area contributed by atoms with Crippen molar-refractivity contribution in [2.45, 2.75) is 12.7 Å². The molecular formula is C12H15N3S. The second-order valence-corrected chi connectivity index (χ2v) is 3.97. The van der Waals surface area contributed by atoms with Crippen LogP contribution in [0.2, 0.25) is 0 Å². The fourth-order valence-corrected chi connectivity index (χ4v) is 1.91. The van der Waals surface area contributed by atoms with Crippen LogP contribution < -0.4 is 0 Å². The Labute approximate surface area is 100 Å². The van der Waals surface area contributed by atoms with Crippen molar-refractivity contribution in [3.8, 4) is 0 Å². The van der Waals surface area contributed by atoms with E-state index in [-0.39, 0.29) is 0 Å². The van der Waals surface area contributed by atoms with E-state index in [0.717, 1.165) is 11.6 Å². The van der Waals surface area contributed by atoms with Crippen LogP contribution in [0.4, 0.5) is 5.82 Å². The average molecular weight is 233 g/mol. The van der Waals surface area contributed by atoms with Gasteiger partial charge in [-0.15, -0.1) is 11.8 Å². The van der Waals surface area contributed by atoms with Crippen LogP contribution in [-0.4, -0.2) is 17.9 Å². The minimum absolute atomic E-state index is 0.890. The molecule has 0 bridgehead atoms. The molecule has 0 saturated carbocycles. The third-order valence-electron chi connectivity index (χ3n) is 2.03. The Balaban J connectivity index is 2.64. The molecule has 0 aliphatic heterocycles. The van der Waals surface area contributed by atoms with E-state index in [1.165, 1.54) is 11.1 Å². The van der Waals surface area contributed by atoms with Crippen LogP contribution >= 0.6 is 11.8 Å². The van der Waals surface area contributed by atoms with Crippen LogP contribution in [0, 0.1) is 6.92 Å². The number of aromatic amines is 1. The fourth-order valence-electron chi connectivity index (χ4n) is 1.16. The molecule has 0 radical (unpaired) electrons. The molecule has 16 heavy (non-hydrogen) atoms. The van der Waals surface area contributed by atoms with Gasteiger partial charge in [0.15, 0.2) is 0 Å². The van der Waals surface area contributed by atoms with Crippen molar-refractivity contribution in [2.24, 2.45) is 9.98 Å². The molecule has 1 rings (SSSR count). The van der Waals surface area contributed by atoms with E-state index < -0.39 is 0 Å². The number of allylic oxidation sites excluding steroid dienone is 1. The summed E-state index contributed by atoms with van der Waals surface area (Å²) in [6.45, 7) is 9.02. The Morgan fingerprint density at radius 1 is 1.56 bits per heavy atom. The molecule has 84 valence electrons. The zero-order chi connectivity index (χ0) is 11.8. The van der Waals surface area contributed by atoms with Gasteiger partial charge in [-0.25, -0.2) is 4.99 Å². The summed E-state index contributed by atoms with van der Waals surface area (Å²) in [6, 6.07) is 0. The Morgan fingerprint density at radius 2 is 2.38 bits per heavy atom. The van der Waals surface area contributed by atoms with Crippen LogP contribution in [0.5, 0.6) is 0 Å². The average Bonchev–Trinajstić information content (AvgIpc) is 2.64. The molecule has 0 amide bonds. The van der Waals surface area contributed by atoms with Gasteiger partial charge in [-0.2, -0.15) is 0 Å². The third-order valence-corrected chi connectivity index (χ3v) is 2.82. The van der Waals surface area contributed by atoms with Gasteiger partial charge in [-0.05, 0) is 30.2 Å². The summed E-state index contributed by atoms with van der Waals surface area (Å²) in [5.74, 6) is 1.79. The van der Waals surface area contributed by atoms with Gasteiger partial charge in [0.2, 0.25) is 0 Å². The predicted octanol–water partition coefficient (Wildman–Crippen LogP) is 3.62. The normalized spacial score (nSPS) is 11.3. The van der Waals surface area contributed by atoms with E-state index in [4.69, 9.17) is 0 Å². The zero-order valence-corrected chi connectivity index (χ0v) is 10.1. The predicted molar refractivity (Wildman–Crippen MR) is 73.9 cm³/mol. The van der Waals surface area contributed by atoms with Gasteiger partial charge in [0.05, 0.1) is 0 Å². The van der Waals surface area contributed by atoms with Crippen molar-refractivity contribution >= 4 is 30.5 Å². The maximum absolute atomic E-state index is 4.23. The maximum atomic E-state index is 4.23. The van der Waals surface area contributed by atoms with E-state index in [1.54, 1.807) is 30.3 Å². The SMILES string of the molecule is C=CC=Nc1[nH]cc(CS/C=C\N=C)c1C. The quantitative estimate of drug-likeness (QED) is 0.749. The lowest BCUT2D eigenvalue weighted by molar-refractivity contribution is 1.32. The van der Waals surface area contributed by atoms with E-state index in [9.17, 15) is 0 Å². The molecule has 0 fully saturated rings. The van der Waals surface area contributed by atoms with Gasteiger partial charge < -0.3 is 4.98 Å². The molecular weight excluding hydrogens is 218 g/mol. The van der Waals surface area contributed by atoms with Crippen molar-refractivity contribution < 1.29 is 0 Å². The number of aromatic nitrogens is 1. The molecule has 1 aromatic rings. The number of rotatable bonds is 6. The standard InChI is InChI=1S/C12H15N3S/c1-4-5-14-12-10(2)11(8-15-12)9-16-7-6-13-3/h4-8,15H,1,3,9H2,2H3/b7-6-,14-5?. The molecule has 0 saturated heterocycles. The molecule has 1 N–H and O–H groups in total. The summed E-state index contributed by atoms with van der Waals surface area (Å²) in [5.41, 5.74) is 2.42. The van der Waals surface area contributed by atoms with Crippen LogP contribution in [0.1, 0.15) is 11.1 Å². The van der Waals surface area contributed by atoms with Crippen molar-refractivity contribution in [2.75, 3.05) is 0 Å². The number of nitrogens with zero attached hydrogens (tertiary/aromatic N) is 2. The highest BCUT2D eigenvalue weighted by Crippen LogP contribution is 2.24. The highest BCUT2D eigenvalue weighted by molar-refractivity contribution is 8.01. The van der Waals surface area contributed by atoms with E-state index in [2.05, 4.69) is 35.2 Å². The van der Waals surface area contributed by atoms with E-state index >= 15 is 0 Å². The van der Waals surface area contributed by atoms with Gasteiger partial charge in [-0.3, -0.25) is 4.99 Å². The molecule has 1 heterocycles. The van der Waals surface area contributed by atoms with Crippen molar-refractivity contribution in [3.63, 3.8) is 0 Å². The molecule has 0 aromatic carbocycles. The number of hydrogen-bond acceptors (Lipinski definition) is 3. The molecule has 4 heteroatoms. The van der Waals surface area contributed by atoms with Gasteiger partial charge >= 0.3 is 0 Å². The number of thioether (sulfide) groups is 1. The second-order valence-electron chi connectivity index (χ2n) is 3.08. The molecule has 0 aliphatic rings. The number of nitrogens with one attached hydrogen (secondary N) is 1. The summed E-state index contributed by atoms with van der Waals surface area (Å²) in [7, 11) is 0. The van der Waals surface area contributed by atoms with Crippen molar-refractivity contribution in [1.29, 1.82) is 0 Å². The Morgan fingerprint density at radius 3 is 3.06 bits per heavy atom. The lowest BCUT2D eigenvalue weighted by Gasteiger charge is -1.96. The first-order valence-electron chi connectivity index (χ1n) is 4.84. The van der Waals surface area contributed by atoms with Gasteiger partial charge in [0.25, 0.3) is 0 Å². The summed E-state index contributed by atoms with van der Waals surface area (Å²) in [4.78, 5) is 11.0. The Bertz CT molecular complexity index is 416. The summed E-state index contributed by atoms with van der Waals surface area (Å²) < 4.78 is 0. The van der Waals surface area contributed by atoms with Gasteiger partial charge in [0, 0.05) is 24.4 Å². The Kier molecular flexibility index (Phi) is 5.36. The second kappa shape index (κ2) is 6.85. The molecule has 1 aromatic heterocycles. The summed E-state index contributed by atoms with van der Waals surface area (Å²) >= 11 is 1.68. The fraction of sp³-hybridized carbons (Fsp3) is 0.167. The molecule has 0 aliphatic carbocycles.